The zero-order chi connectivity index (χ0) is 11.6. The molecule has 0 aromatic carbocycles. The van der Waals surface area contributed by atoms with Crippen molar-refractivity contribution in [3.63, 3.8) is 0 Å². The number of carboxylic acid groups (broad SMARTS) is 1. The van der Waals surface area contributed by atoms with Crippen LogP contribution in [0.2, 0.25) is 0 Å². The summed E-state index contributed by atoms with van der Waals surface area (Å²) in [6.07, 6.45) is -2.92. The summed E-state index contributed by atoms with van der Waals surface area (Å²) >= 11 is 0. The number of pyridine rings is 1. The molecule has 0 bridgehead atoms. The third-order valence-electron chi connectivity index (χ3n) is 1.93. The number of aryl methyl sites for hydroxylation is 1. The molecular formula is C9H10F2N2O2. The lowest BCUT2D eigenvalue weighted by Crippen LogP contribution is -2.12. The van der Waals surface area contributed by atoms with Crippen LogP contribution in [-0.4, -0.2) is 16.1 Å². The van der Waals surface area contributed by atoms with Crippen molar-refractivity contribution in [2.24, 2.45) is 5.73 Å². The summed E-state index contributed by atoms with van der Waals surface area (Å²) in [6, 6.07) is 1.40. The van der Waals surface area contributed by atoms with Gasteiger partial charge in [-0.2, -0.15) is 0 Å². The van der Waals surface area contributed by atoms with E-state index in [9.17, 15) is 13.6 Å². The van der Waals surface area contributed by atoms with E-state index in [1.54, 1.807) is 0 Å². The number of halogens is 2. The van der Waals surface area contributed by atoms with Gasteiger partial charge in [0.15, 0.2) is 0 Å². The molecule has 1 rings (SSSR count). The van der Waals surface area contributed by atoms with Crippen molar-refractivity contribution in [3.8, 4) is 0 Å². The van der Waals surface area contributed by atoms with Crippen molar-refractivity contribution >= 4 is 5.97 Å². The molecule has 0 unspecified atom stereocenters. The van der Waals surface area contributed by atoms with E-state index in [0.717, 1.165) is 0 Å². The van der Waals surface area contributed by atoms with Crippen molar-refractivity contribution in [1.82, 2.24) is 4.98 Å². The summed E-state index contributed by atoms with van der Waals surface area (Å²) in [5.41, 5.74) is 4.60. The minimum atomic E-state index is -2.92. The first-order valence-electron chi connectivity index (χ1n) is 4.19. The van der Waals surface area contributed by atoms with Crippen LogP contribution in [0.15, 0.2) is 6.07 Å². The summed E-state index contributed by atoms with van der Waals surface area (Å²) in [5, 5.41) is 8.75. The Bertz CT molecular complexity index is 394. The van der Waals surface area contributed by atoms with Crippen molar-refractivity contribution < 1.29 is 18.7 Å². The summed E-state index contributed by atoms with van der Waals surface area (Å²) in [4.78, 5) is 14.3. The normalized spacial score (nSPS) is 10.7. The van der Waals surface area contributed by atoms with Gasteiger partial charge in [-0.15, -0.1) is 0 Å². The fourth-order valence-corrected chi connectivity index (χ4v) is 1.31. The second-order valence-corrected chi connectivity index (χ2v) is 3.00. The number of aromatic carboxylic acids is 1. The standard InChI is InChI=1S/C9H10F2N2O2/c1-4-2-5(3-12)13-7(8(10)11)6(4)9(14)15/h2,8H,3,12H2,1H3,(H,14,15). The van der Waals surface area contributed by atoms with Gasteiger partial charge in [-0.05, 0) is 18.6 Å². The fourth-order valence-electron chi connectivity index (χ4n) is 1.31. The molecule has 0 spiro atoms. The third kappa shape index (κ3) is 2.27. The first kappa shape index (κ1) is 11.5. The number of alkyl halides is 2. The van der Waals surface area contributed by atoms with E-state index in [-0.39, 0.29) is 17.8 Å². The van der Waals surface area contributed by atoms with Crippen LogP contribution in [0, 0.1) is 6.92 Å². The Balaban J connectivity index is 3.42. The highest BCUT2D eigenvalue weighted by molar-refractivity contribution is 5.90. The van der Waals surface area contributed by atoms with Gasteiger partial charge in [-0.1, -0.05) is 0 Å². The Morgan fingerprint density at radius 2 is 2.27 bits per heavy atom. The highest BCUT2D eigenvalue weighted by atomic mass is 19.3. The van der Waals surface area contributed by atoms with Crippen LogP contribution in [0.5, 0.6) is 0 Å². The number of nitrogens with zero attached hydrogens (tertiary/aromatic N) is 1. The number of carboxylic acids is 1. The molecule has 82 valence electrons. The molecule has 0 aliphatic rings. The fraction of sp³-hybridized carbons (Fsp3) is 0.333. The van der Waals surface area contributed by atoms with E-state index in [2.05, 4.69) is 4.98 Å². The number of rotatable bonds is 3. The lowest BCUT2D eigenvalue weighted by molar-refractivity contribution is 0.0681. The van der Waals surface area contributed by atoms with Gasteiger partial charge in [0.05, 0.1) is 11.3 Å². The number of hydrogen-bond acceptors (Lipinski definition) is 3. The monoisotopic (exact) mass is 216 g/mol. The number of aromatic nitrogens is 1. The van der Waals surface area contributed by atoms with Gasteiger partial charge >= 0.3 is 5.97 Å². The SMILES string of the molecule is Cc1cc(CN)nc(C(F)F)c1C(=O)O. The van der Waals surface area contributed by atoms with Gasteiger partial charge in [0, 0.05) is 6.54 Å². The van der Waals surface area contributed by atoms with Gasteiger partial charge < -0.3 is 10.8 Å². The predicted octanol–water partition coefficient (Wildman–Crippen LogP) is 1.48. The van der Waals surface area contributed by atoms with Gasteiger partial charge in [-0.25, -0.2) is 18.6 Å². The van der Waals surface area contributed by atoms with E-state index in [1.165, 1.54) is 13.0 Å². The molecule has 15 heavy (non-hydrogen) atoms. The summed E-state index contributed by atoms with van der Waals surface area (Å²) in [6.45, 7) is 1.44. The van der Waals surface area contributed by atoms with Crippen LogP contribution in [0.4, 0.5) is 8.78 Å². The Labute approximate surface area is 84.7 Å². The Morgan fingerprint density at radius 1 is 1.67 bits per heavy atom. The van der Waals surface area contributed by atoms with E-state index in [4.69, 9.17) is 10.8 Å². The van der Waals surface area contributed by atoms with Crippen LogP contribution in [0.25, 0.3) is 0 Å². The van der Waals surface area contributed by atoms with Crippen LogP contribution >= 0.6 is 0 Å². The van der Waals surface area contributed by atoms with Crippen LogP contribution in [-0.2, 0) is 6.54 Å². The molecule has 0 saturated carbocycles. The van der Waals surface area contributed by atoms with E-state index in [1.807, 2.05) is 0 Å². The average molecular weight is 216 g/mol. The summed E-state index contributed by atoms with van der Waals surface area (Å²) in [5.74, 6) is -1.40. The highest BCUT2D eigenvalue weighted by Crippen LogP contribution is 2.24. The smallest absolute Gasteiger partial charge is 0.338 e. The molecule has 3 N–H and O–H groups in total. The lowest BCUT2D eigenvalue weighted by Gasteiger charge is -2.09. The molecular weight excluding hydrogens is 206 g/mol. The van der Waals surface area contributed by atoms with Crippen molar-refractivity contribution in [2.75, 3.05) is 0 Å². The van der Waals surface area contributed by atoms with Crippen molar-refractivity contribution in [1.29, 1.82) is 0 Å². The third-order valence-corrected chi connectivity index (χ3v) is 1.93. The minimum Gasteiger partial charge on any atom is -0.478 e. The summed E-state index contributed by atoms with van der Waals surface area (Å²) < 4.78 is 25.0. The molecule has 1 aromatic rings. The second kappa shape index (κ2) is 4.31. The summed E-state index contributed by atoms with van der Waals surface area (Å²) in [7, 11) is 0. The first-order chi connectivity index (χ1) is 6.97. The Morgan fingerprint density at radius 3 is 2.67 bits per heavy atom. The maximum Gasteiger partial charge on any atom is 0.338 e. The number of nitrogens with two attached hydrogens (primary N) is 1. The van der Waals surface area contributed by atoms with E-state index < -0.39 is 23.7 Å². The molecule has 0 saturated heterocycles. The average Bonchev–Trinajstić information content (AvgIpc) is 2.15. The second-order valence-electron chi connectivity index (χ2n) is 3.00. The van der Waals surface area contributed by atoms with Gasteiger partial charge in [0.1, 0.15) is 5.69 Å². The molecule has 1 heterocycles. The molecule has 0 aliphatic heterocycles. The molecule has 0 aliphatic carbocycles. The molecule has 0 amide bonds. The number of carbonyl (C=O) groups is 1. The zero-order valence-electron chi connectivity index (χ0n) is 8.00. The predicted molar refractivity (Wildman–Crippen MR) is 48.8 cm³/mol. The lowest BCUT2D eigenvalue weighted by atomic mass is 10.1. The van der Waals surface area contributed by atoms with Crippen LogP contribution < -0.4 is 5.73 Å². The topological polar surface area (TPSA) is 76.2 Å². The largest absolute Gasteiger partial charge is 0.478 e. The zero-order valence-corrected chi connectivity index (χ0v) is 8.00. The maximum atomic E-state index is 12.5. The molecule has 0 fully saturated rings. The van der Waals surface area contributed by atoms with Gasteiger partial charge in [0.25, 0.3) is 6.43 Å². The number of hydrogen-bond donors (Lipinski definition) is 2. The van der Waals surface area contributed by atoms with E-state index in [0.29, 0.717) is 0 Å². The minimum absolute atomic E-state index is 0.000455. The molecule has 4 nitrogen and oxygen atoms in total. The van der Waals surface area contributed by atoms with Crippen molar-refractivity contribution in [2.45, 2.75) is 19.9 Å². The molecule has 1 aromatic heterocycles. The quantitative estimate of drug-likeness (QED) is 0.802. The van der Waals surface area contributed by atoms with Crippen LogP contribution in [0.1, 0.15) is 33.7 Å². The Hall–Kier alpha value is -1.56. The van der Waals surface area contributed by atoms with Gasteiger partial charge in [0.2, 0.25) is 0 Å². The molecule has 0 radical (unpaired) electrons. The van der Waals surface area contributed by atoms with Crippen LogP contribution in [0.3, 0.4) is 0 Å². The van der Waals surface area contributed by atoms with E-state index >= 15 is 0 Å². The highest BCUT2D eigenvalue weighted by Gasteiger charge is 2.22. The molecule has 6 heteroatoms. The molecule has 0 atom stereocenters. The van der Waals surface area contributed by atoms with Gasteiger partial charge in [-0.3, -0.25) is 0 Å². The Kier molecular flexibility index (Phi) is 3.31. The first-order valence-corrected chi connectivity index (χ1v) is 4.19. The van der Waals surface area contributed by atoms with Crippen molar-refractivity contribution in [3.05, 3.63) is 28.6 Å². The maximum absolute atomic E-state index is 12.5.